The number of ether oxygens (including phenoxy) is 1. The fourth-order valence-electron chi connectivity index (χ4n) is 3.43. The van der Waals surface area contributed by atoms with Crippen LogP contribution < -0.4 is 14.8 Å². The number of hydrogen-bond donors (Lipinski definition) is 3. The third-order valence-electron chi connectivity index (χ3n) is 5.15. The summed E-state index contributed by atoms with van der Waals surface area (Å²) in [6.07, 6.45) is -2.95. The molecule has 0 radical (unpaired) electrons. The second kappa shape index (κ2) is 8.53. The number of hydrogen-bond acceptors (Lipinski definition) is 8. The Labute approximate surface area is 185 Å². The number of halogens is 3. The maximum Gasteiger partial charge on any atom is 0.471 e. The van der Waals surface area contributed by atoms with Gasteiger partial charge in [-0.05, 0) is 0 Å². The third-order valence-corrected chi connectivity index (χ3v) is 5.15. The molecule has 3 atom stereocenters. The second-order valence-electron chi connectivity index (χ2n) is 7.62. The lowest BCUT2D eigenvalue weighted by molar-refractivity contribution is -0.598. The predicted molar refractivity (Wildman–Crippen MR) is 107 cm³/mol. The van der Waals surface area contributed by atoms with Crippen molar-refractivity contribution in [1.82, 2.24) is 19.5 Å². The second-order valence-corrected chi connectivity index (χ2v) is 7.62. The summed E-state index contributed by atoms with van der Waals surface area (Å²) in [7, 11) is 3.70. The Balaban J connectivity index is 1.82. The average Bonchev–Trinajstić information content (AvgIpc) is 3.35. The smallest absolute Gasteiger partial charge is 0.394 e. The summed E-state index contributed by atoms with van der Waals surface area (Å²) in [5.41, 5.74) is 1.18. The SMILES string of the molecule is CN(C)c1cc[n+](-c2nc(NC(=O)C(F)(F)F)nc3c2ncn3[C@H]2C[C@H](O)[C@@H](CO)O2)cc1. The highest BCUT2D eigenvalue weighted by Crippen LogP contribution is 2.31. The van der Waals surface area contributed by atoms with Gasteiger partial charge in [0, 0.05) is 43.3 Å². The number of amides is 1. The Morgan fingerprint density at radius 1 is 1.33 bits per heavy atom. The lowest BCUT2D eigenvalue weighted by Crippen LogP contribution is -2.34. The molecule has 0 saturated carbocycles. The molecule has 0 unspecified atom stereocenters. The van der Waals surface area contributed by atoms with Crippen molar-refractivity contribution >= 4 is 28.7 Å². The number of rotatable bonds is 5. The maximum atomic E-state index is 12.8. The molecule has 0 aliphatic carbocycles. The third kappa shape index (κ3) is 4.44. The Morgan fingerprint density at radius 2 is 2.03 bits per heavy atom. The van der Waals surface area contributed by atoms with E-state index in [-0.39, 0.29) is 23.4 Å². The molecule has 1 aliphatic heterocycles. The molecule has 4 heterocycles. The largest absolute Gasteiger partial charge is 0.471 e. The highest BCUT2D eigenvalue weighted by atomic mass is 19.4. The van der Waals surface area contributed by atoms with E-state index in [1.807, 2.05) is 19.0 Å². The molecule has 1 saturated heterocycles. The molecule has 1 fully saturated rings. The molecule has 1 amide bonds. The number of fused-ring (bicyclic) bond motifs is 1. The molecule has 0 spiro atoms. The highest BCUT2D eigenvalue weighted by Gasteiger charge is 2.41. The van der Waals surface area contributed by atoms with Crippen molar-refractivity contribution in [2.24, 2.45) is 0 Å². The molecule has 0 aromatic carbocycles. The minimum atomic E-state index is -5.13. The van der Waals surface area contributed by atoms with Crippen molar-refractivity contribution < 1.29 is 37.5 Å². The van der Waals surface area contributed by atoms with Crippen LogP contribution in [-0.4, -0.2) is 74.7 Å². The Hall–Kier alpha value is -3.36. The van der Waals surface area contributed by atoms with Gasteiger partial charge < -0.3 is 19.8 Å². The first-order chi connectivity index (χ1) is 15.6. The summed E-state index contributed by atoms with van der Waals surface area (Å²) < 4.78 is 47.0. The number of aliphatic hydroxyl groups excluding tert-OH is 2. The first-order valence-corrected chi connectivity index (χ1v) is 9.84. The van der Waals surface area contributed by atoms with E-state index in [2.05, 4.69) is 15.0 Å². The van der Waals surface area contributed by atoms with Gasteiger partial charge in [-0.3, -0.25) is 14.7 Å². The van der Waals surface area contributed by atoms with Gasteiger partial charge in [-0.1, -0.05) is 0 Å². The lowest BCUT2D eigenvalue weighted by atomic mass is 10.2. The number of carbonyl (C=O) groups is 1. The van der Waals surface area contributed by atoms with E-state index in [4.69, 9.17) is 4.74 Å². The van der Waals surface area contributed by atoms with Crippen LogP contribution >= 0.6 is 0 Å². The van der Waals surface area contributed by atoms with E-state index in [0.29, 0.717) is 0 Å². The first-order valence-electron chi connectivity index (χ1n) is 9.84. The summed E-state index contributed by atoms with van der Waals surface area (Å²) in [6, 6.07) is 3.53. The summed E-state index contributed by atoms with van der Waals surface area (Å²) in [4.78, 5) is 25.8. The zero-order chi connectivity index (χ0) is 23.9. The van der Waals surface area contributed by atoms with Gasteiger partial charge in [0.1, 0.15) is 12.3 Å². The van der Waals surface area contributed by atoms with Crippen molar-refractivity contribution in [1.29, 1.82) is 0 Å². The van der Waals surface area contributed by atoms with Gasteiger partial charge in [0.25, 0.3) is 0 Å². The molecule has 3 N–H and O–H groups in total. The summed E-state index contributed by atoms with van der Waals surface area (Å²) in [5.74, 6) is -2.68. The van der Waals surface area contributed by atoms with Crippen molar-refractivity contribution in [2.75, 3.05) is 30.9 Å². The van der Waals surface area contributed by atoms with Gasteiger partial charge in [0.15, 0.2) is 5.65 Å². The molecular weight excluding hydrogens is 447 g/mol. The fraction of sp³-hybridized carbons (Fsp3) is 0.421. The van der Waals surface area contributed by atoms with Crippen LogP contribution in [0.25, 0.3) is 17.0 Å². The maximum absolute atomic E-state index is 12.8. The first kappa shape index (κ1) is 22.8. The number of carbonyl (C=O) groups excluding carboxylic acids is 1. The van der Waals surface area contributed by atoms with Gasteiger partial charge in [0.2, 0.25) is 5.52 Å². The summed E-state index contributed by atoms with van der Waals surface area (Å²) in [6.45, 7) is -0.411. The molecular formula is C19H21F3N7O4+. The van der Waals surface area contributed by atoms with Gasteiger partial charge in [0.05, 0.1) is 31.4 Å². The molecule has 4 rings (SSSR count). The van der Waals surface area contributed by atoms with Gasteiger partial charge in [-0.2, -0.15) is 18.2 Å². The number of aliphatic hydroxyl groups is 2. The Morgan fingerprint density at radius 3 is 2.61 bits per heavy atom. The summed E-state index contributed by atoms with van der Waals surface area (Å²) >= 11 is 0. The van der Waals surface area contributed by atoms with E-state index in [9.17, 15) is 28.2 Å². The van der Waals surface area contributed by atoms with E-state index in [1.165, 1.54) is 15.5 Å². The number of imidazole rings is 1. The average molecular weight is 468 g/mol. The lowest BCUT2D eigenvalue weighted by Gasteiger charge is -2.13. The Bertz CT molecular complexity index is 1170. The number of aromatic nitrogens is 5. The van der Waals surface area contributed by atoms with Gasteiger partial charge >= 0.3 is 23.8 Å². The van der Waals surface area contributed by atoms with Gasteiger partial charge in [-0.15, -0.1) is 0 Å². The van der Waals surface area contributed by atoms with Crippen molar-refractivity contribution in [3.63, 3.8) is 0 Å². The number of nitrogens with zero attached hydrogens (tertiary/aromatic N) is 6. The van der Waals surface area contributed by atoms with Gasteiger partial charge in [-0.25, -0.2) is 9.55 Å². The van der Waals surface area contributed by atoms with Crippen molar-refractivity contribution in [3.8, 4) is 5.82 Å². The number of pyridine rings is 1. The van der Waals surface area contributed by atoms with Crippen LogP contribution in [0.4, 0.5) is 24.8 Å². The van der Waals surface area contributed by atoms with Crippen LogP contribution in [0.15, 0.2) is 30.9 Å². The van der Waals surface area contributed by atoms with Crippen LogP contribution in [-0.2, 0) is 9.53 Å². The van der Waals surface area contributed by atoms with Crippen molar-refractivity contribution in [3.05, 3.63) is 30.9 Å². The van der Waals surface area contributed by atoms with Crippen LogP contribution in [0.5, 0.6) is 0 Å². The zero-order valence-electron chi connectivity index (χ0n) is 17.6. The molecule has 176 valence electrons. The minimum absolute atomic E-state index is 0.0810. The molecule has 1 aliphatic rings. The molecule has 33 heavy (non-hydrogen) atoms. The summed E-state index contributed by atoms with van der Waals surface area (Å²) in [5, 5.41) is 21.1. The number of anilines is 2. The van der Waals surface area contributed by atoms with Crippen molar-refractivity contribution in [2.45, 2.75) is 31.0 Å². The van der Waals surface area contributed by atoms with E-state index in [1.54, 1.807) is 29.8 Å². The monoisotopic (exact) mass is 468 g/mol. The molecule has 3 aromatic heterocycles. The molecule has 14 heteroatoms. The standard InChI is InChI=1S/C19H20F3N7O4/c1-27(2)10-3-5-28(6-4-10)15-14-16(25-18(24-15)26-17(32)19(20,21)22)29(9-23-14)13-7-11(31)12(8-30)33-13/h3-6,9,11-13,30-31H,7-8H2,1-2H3/p+1/t11-,12+,13+/m0/s1. The van der Waals surface area contributed by atoms with E-state index >= 15 is 0 Å². The molecule has 3 aromatic rings. The van der Waals surface area contributed by atoms with E-state index < -0.39 is 43.1 Å². The zero-order valence-corrected chi connectivity index (χ0v) is 17.6. The topological polar surface area (TPSA) is 130 Å². The minimum Gasteiger partial charge on any atom is -0.394 e. The fourth-order valence-corrected chi connectivity index (χ4v) is 3.43. The van der Waals surface area contributed by atoms with Crippen LogP contribution in [0.2, 0.25) is 0 Å². The molecule has 11 nitrogen and oxygen atoms in total. The van der Waals surface area contributed by atoms with Crippen LogP contribution in [0.3, 0.4) is 0 Å². The van der Waals surface area contributed by atoms with E-state index in [0.717, 1.165) is 5.69 Å². The number of alkyl halides is 3. The molecule has 0 bridgehead atoms. The Kier molecular flexibility index (Phi) is 5.90. The highest BCUT2D eigenvalue weighted by molar-refractivity contribution is 5.94. The number of nitrogens with one attached hydrogen (secondary N) is 1. The predicted octanol–water partition coefficient (Wildman–Crippen LogP) is 0.310. The normalized spacial score (nSPS) is 20.9. The van der Waals surface area contributed by atoms with Crippen LogP contribution in [0.1, 0.15) is 12.6 Å². The quantitative estimate of drug-likeness (QED) is 0.457. The van der Waals surface area contributed by atoms with Crippen LogP contribution in [0, 0.1) is 0 Å².